The van der Waals surface area contributed by atoms with Gasteiger partial charge in [-0.05, 0) is 29.7 Å². The van der Waals surface area contributed by atoms with Crippen molar-refractivity contribution in [3.8, 4) is 5.75 Å². The summed E-state index contributed by atoms with van der Waals surface area (Å²) < 4.78 is 18.4. The van der Waals surface area contributed by atoms with E-state index in [1.54, 1.807) is 6.07 Å². The van der Waals surface area contributed by atoms with Crippen LogP contribution in [-0.2, 0) is 11.2 Å². The Labute approximate surface area is 151 Å². The number of rotatable bonds is 3. The molecule has 0 aliphatic carbocycles. The molecule has 4 nitrogen and oxygen atoms in total. The second-order valence-corrected chi connectivity index (χ2v) is 7.12. The molecule has 2 bridgehead atoms. The molecule has 3 aromatic rings. The summed E-state index contributed by atoms with van der Waals surface area (Å²) in [6.45, 7) is 2.16. The van der Waals surface area contributed by atoms with Gasteiger partial charge >= 0.3 is 5.63 Å². The van der Waals surface area contributed by atoms with Crippen molar-refractivity contribution in [1.29, 1.82) is 0 Å². The fraction of sp³-hybridized carbons (Fsp3) is 0.318. The maximum atomic E-state index is 12.8. The summed E-state index contributed by atoms with van der Waals surface area (Å²) in [5, 5.41) is 0.829. The van der Waals surface area contributed by atoms with Gasteiger partial charge in [-0.15, -0.1) is 0 Å². The molecule has 2 aromatic carbocycles. The van der Waals surface area contributed by atoms with E-state index in [1.165, 1.54) is 5.56 Å². The van der Waals surface area contributed by atoms with Gasteiger partial charge in [0.1, 0.15) is 23.0 Å². The zero-order valence-electron chi connectivity index (χ0n) is 14.7. The van der Waals surface area contributed by atoms with E-state index in [4.69, 9.17) is 13.9 Å². The first-order chi connectivity index (χ1) is 12.7. The Morgan fingerprint density at radius 2 is 1.92 bits per heavy atom. The number of benzene rings is 2. The highest BCUT2D eigenvalue weighted by Gasteiger charge is 2.48. The van der Waals surface area contributed by atoms with Crippen LogP contribution in [0.25, 0.3) is 11.0 Å². The quantitative estimate of drug-likeness (QED) is 0.642. The predicted octanol–water partition coefficient (Wildman–Crippen LogP) is 4.73. The average Bonchev–Trinajstić information content (AvgIpc) is 2.66. The van der Waals surface area contributed by atoms with Crippen LogP contribution in [0.3, 0.4) is 0 Å². The number of hydrogen-bond acceptors (Lipinski definition) is 4. The smallest absolute Gasteiger partial charge is 0.346 e. The fourth-order valence-electron chi connectivity index (χ4n) is 4.14. The molecule has 2 atom stereocenters. The van der Waals surface area contributed by atoms with Gasteiger partial charge in [-0.3, -0.25) is 0 Å². The molecule has 5 rings (SSSR count). The average molecular weight is 348 g/mol. The van der Waals surface area contributed by atoms with Gasteiger partial charge in [-0.1, -0.05) is 49.7 Å². The van der Waals surface area contributed by atoms with E-state index in [2.05, 4.69) is 13.0 Å². The van der Waals surface area contributed by atoms with E-state index in [0.717, 1.165) is 30.2 Å². The van der Waals surface area contributed by atoms with E-state index in [1.807, 2.05) is 36.4 Å². The van der Waals surface area contributed by atoms with Crippen molar-refractivity contribution in [3.63, 3.8) is 0 Å². The minimum absolute atomic E-state index is 0.385. The van der Waals surface area contributed by atoms with Crippen LogP contribution >= 0.6 is 0 Å². The molecule has 0 fully saturated rings. The first-order valence-corrected chi connectivity index (χ1v) is 9.21. The largest absolute Gasteiger partial charge is 0.461 e. The van der Waals surface area contributed by atoms with Gasteiger partial charge in [0.05, 0.1) is 5.39 Å². The van der Waals surface area contributed by atoms with E-state index < -0.39 is 11.9 Å². The lowest BCUT2D eigenvalue weighted by atomic mass is 9.85. The summed E-state index contributed by atoms with van der Waals surface area (Å²) in [5.41, 5.74) is 2.85. The Morgan fingerprint density at radius 3 is 2.81 bits per heavy atom. The van der Waals surface area contributed by atoms with E-state index in [0.29, 0.717) is 23.3 Å². The van der Waals surface area contributed by atoms with Crippen molar-refractivity contribution in [2.45, 2.75) is 44.5 Å². The van der Waals surface area contributed by atoms with Gasteiger partial charge in [0, 0.05) is 12.8 Å². The third-order valence-corrected chi connectivity index (χ3v) is 5.39. The normalized spacial score (nSPS) is 23.2. The highest BCUT2D eigenvalue weighted by atomic mass is 16.7. The monoisotopic (exact) mass is 348 g/mol. The van der Waals surface area contributed by atoms with Crippen LogP contribution in [0.15, 0.2) is 57.7 Å². The molecule has 0 saturated heterocycles. The van der Waals surface area contributed by atoms with Crippen molar-refractivity contribution in [2.24, 2.45) is 0 Å². The van der Waals surface area contributed by atoms with Crippen LogP contribution in [0.5, 0.6) is 5.75 Å². The lowest BCUT2D eigenvalue weighted by molar-refractivity contribution is -0.232. The lowest BCUT2D eigenvalue weighted by Crippen LogP contribution is -2.50. The van der Waals surface area contributed by atoms with Gasteiger partial charge in [-0.2, -0.15) is 0 Å². The first kappa shape index (κ1) is 15.6. The second-order valence-electron chi connectivity index (χ2n) is 7.12. The molecule has 2 aliphatic heterocycles. The SMILES string of the molecule is CCCC[C@]12Cc3ccccc3C(O1)c1c(c3ccccc3oc1=O)O2. The Morgan fingerprint density at radius 1 is 1.12 bits per heavy atom. The summed E-state index contributed by atoms with van der Waals surface area (Å²) in [6.07, 6.45) is 3.10. The number of unbranched alkanes of at least 4 members (excludes halogenated alkanes) is 1. The van der Waals surface area contributed by atoms with Gasteiger partial charge in [0.25, 0.3) is 0 Å². The summed E-state index contributed by atoms with van der Waals surface area (Å²) in [7, 11) is 0. The van der Waals surface area contributed by atoms with Crippen LogP contribution in [0, 0.1) is 0 Å². The highest BCUT2D eigenvalue weighted by molar-refractivity contribution is 5.85. The molecule has 0 saturated carbocycles. The molecule has 0 amide bonds. The molecule has 4 heteroatoms. The molecule has 1 unspecified atom stereocenters. The Balaban J connectivity index is 1.79. The molecule has 132 valence electrons. The van der Waals surface area contributed by atoms with Crippen molar-refractivity contribution in [3.05, 3.63) is 75.6 Å². The highest BCUT2D eigenvalue weighted by Crippen LogP contribution is 2.50. The summed E-state index contributed by atoms with van der Waals surface area (Å²) in [4.78, 5) is 12.8. The minimum Gasteiger partial charge on any atom is -0.461 e. The maximum Gasteiger partial charge on any atom is 0.346 e. The van der Waals surface area contributed by atoms with E-state index >= 15 is 0 Å². The van der Waals surface area contributed by atoms with Crippen LogP contribution in [-0.4, -0.2) is 5.79 Å². The zero-order valence-corrected chi connectivity index (χ0v) is 14.7. The molecule has 3 heterocycles. The van der Waals surface area contributed by atoms with Crippen LogP contribution in [0.1, 0.15) is 49.0 Å². The molecule has 0 radical (unpaired) electrons. The van der Waals surface area contributed by atoms with Crippen molar-refractivity contribution < 1.29 is 13.9 Å². The second kappa shape index (κ2) is 5.71. The third kappa shape index (κ3) is 2.22. The summed E-state index contributed by atoms with van der Waals surface area (Å²) in [5.74, 6) is -0.0998. The van der Waals surface area contributed by atoms with E-state index in [9.17, 15) is 4.79 Å². The van der Waals surface area contributed by atoms with Gasteiger partial charge < -0.3 is 13.9 Å². The minimum atomic E-state index is -0.724. The first-order valence-electron chi connectivity index (χ1n) is 9.21. The standard InChI is InChI=1S/C22H20O4/c1-2-3-12-22-13-14-8-4-5-9-15(14)19(25-22)18-20(26-22)16-10-6-7-11-17(16)24-21(18)23/h4-11,19H,2-3,12-13H2,1H3/t19?,22-/m0/s1. The van der Waals surface area contributed by atoms with Crippen molar-refractivity contribution in [1.82, 2.24) is 0 Å². The number of para-hydroxylation sites is 1. The van der Waals surface area contributed by atoms with Crippen molar-refractivity contribution >= 4 is 11.0 Å². The van der Waals surface area contributed by atoms with E-state index in [-0.39, 0.29) is 5.63 Å². The van der Waals surface area contributed by atoms with Crippen LogP contribution < -0.4 is 10.4 Å². The van der Waals surface area contributed by atoms with Gasteiger partial charge in [-0.25, -0.2) is 4.79 Å². The van der Waals surface area contributed by atoms with Crippen molar-refractivity contribution in [2.75, 3.05) is 0 Å². The Hall–Kier alpha value is -2.59. The molecule has 26 heavy (non-hydrogen) atoms. The Bertz CT molecular complexity index is 1050. The number of hydrogen-bond donors (Lipinski definition) is 0. The molecular weight excluding hydrogens is 328 g/mol. The summed E-state index contributed by atoms with van der Waals surface area (Å²) in [6, 6.07) is 15.7. The molecule has 0 spiro atoms. The topological polar surface area (TPSA) is 48.7 Å². The van der Waals surface area contributed by atoms with Crippen LogP contribution in [0.4, 0.5) is 0 Å². The van der Waals surface area contributed by atoms with Crippen LogP contribution in [0.2, 0.25) is 0 Å². The van der Waals surface area contributed by atoms with Gasteiger partial charge in [0.2, 0.25) is 5.79 Å². The number of fused-ring (bicyclic) bond motifs is 8. The third-order valence-electron chi connectivity index (χ3n) is 5.39. The maximum absolute atomic E-state index is 12.8. The molecule has 1 aromatic heterocycles. The zero-order chi connectivity index (χ0) is 17.7. The molecular formula is C22H20O4. The predicted molar refractivity (Wildman–Crippen MR) is 98.4 cm³/mol. The Kier molecular flexibility index (Phi) is 3.44. The number of ether oxygens (including phenoxy) is 2. The lowest BCUT2D eigenvalue weighted by Gasteiger charge is -2.46. The molecule has 2 aliphatic rings. The molecule has 0 N–H and O–H groups in total. The van der Waals surface area contributed by atoms with Gasteiger partial charge in [0.15, 0.2) is 0 Å². The fourth-order valence-corrected chi connectivity index (χ4v) is 4.14. The summed E-state index contributed by atoms with van der Waals surface area (Å²) >= 11 is 0.